The summed E-state index contributed by atoms with van der Waals surface area (Å²) in [6.07, 6.45) is 1.54. The van der Waals surface area contributed by atoms with Crippen LogP contribution in [0.2, 0.25) is 5.02 Å². The number of carbonyl (C=O) groups is 1. The van der Waals surface area contributed by atoms with Gasteiger partial charge in [-0.3, -0.25) is 4.79 Å². The Hall–Kier alpha value is -3.11. The van der Waals surface area contributed by atoms with E-state index in [9.17, 15) is 4.79 Å². The van der Waals surface area contributed by atoms with Crippen LogP contribution in [0.4, 0.5) is 0 Å². The van der Waals surface area contributed by atoms with E-state index in [1.165, 1.54) is 0 Å². The van der Waals surface area contributed by atoms with Gasteiger partial charge in [0.05, 0.1) is 6.21 Å². The molecule has 26 heavy (non-hydrogen) atoms. The first-order valence-corrected chi connectivity index (χ1v) is 8.44. The molecule has 1 N–H and O–H groups in total. The lowest BCUT2D eigenvalue weighted by molar-refractivity contribution is 0.0955. The molecule has 130 valence electrons. The van der Waals surface area contributed by atoms with Crippen molar-refractivity contribution < 1.29 is 9.53 Å². The third kappa shape index (κ3) is 5.19. The van der Waals surface area contributed by atoms with Gasteiger partial charge in [0.1, 0.15) is 12.4 Å². The number of hydrazone groups is 1. The molecule has 0 fully saturated rings. The largest absolute Gasteiger partial charge is 0.489 e. The van der Waals surface area contributed by atoms with Gasteiger partial charge in [-0.1, -0.05) is 54.1 Å². The summed E-state index contributed by atoms with van der Waals surface area (Å²) in [4.78, 5) is 12.1. The molecule has 5 heteroatoms. The summed E-state index contributed by atoms with van der Waals surface area (Å²) < 4.78 is 5.70. The topological polar surface area (TPSA) is 50.7 Å². The minimum atomic E-state index is -0.294. The molecule has 0 aliphatic heterocycles. The third-order valence-electron chi connectivity index (χ3n) is 3.59. The molecule has 0 aromatic heterocycles. The van der Waals surface area contributed by atoms with E-state index in [0.29, 0.717) is 22.9 Å². The van der Waals surface area contributed by atoms with Crippen LogP contribution in [0.5, 0.6) is 5.75 Å². The molecule has 0 aliphatic rings. The van der Waals surface area contributed by atoms with Crippen LogP contribution in [0.1, 0.15) is 21.5 Å². The second-order valence-electron chi connectivity index (χ2n) is 5.55. The van der Waals surface area contributed by atoms with Gasteiger partial charge >= 0.3 is 0 Å². The highest BCUT2D eigenvalue weighted by Crippen LogP contribution is 2.14. The van der Waals surface area contributed by atoms with E-state index < -0.39 is 0 Å². The maximum Gasteiger partial charge on any atom is 0.271 e. The monoisotopic (exact) mass is 364 g/mol. The van der Waals surface area contributed by atoms with Crippen molar-refractivity contribution in [1.29, 1.82) is 0 Å². The number of ether oxygens (including phenoxy) is 1. The number of hydrogen-bond donors (Lipinski definition) is 1. The van der Waals surface area contributed by atoms with Crippen LogP contribution in [0.3, 0.4) is 0 Å². The molecule has 3 aromatic rings. The summed E-state index contributed by atoms with van der Waals surface area (Å²) in [5.41, 5.74) is 4.89. The Labute approximate surface area is 157 Å². The van der Waals surface area contributed by atoms with E-state index >= 15 is 0 Å². The number of halogens is 1. The highest BCUT2D eigenvalue weighted by Gasteiger charge is 2.04. The Bertz CT molecular complexity index is 893. The lowest BCUT2D eigenvalue weighted by Gasteiger charge is -2.07. The van der Waals surface area contributed by atoms with Gasteiger partial charge in [0.2, 0.25) is 0 Å². The van der Waals surface area contributed by atoms with Crippen molar-refractivity contribution >= 4 is 23.7 Å². The molecule has 0 atom stereocenters. The van der Waals surface area contributed by atoms with Crippen LogP contribution in [0.25, 0.3) is 0 Å². The zero-order valence-electron chi connectivity index (χ0n) is 13.9. The second-order valence-corrected chi connectivity index (χ2v) is 5.99. The van der Waals surface area contributed by atoms with Crippen LogP contribution < -0.4 is 10.2 Å². The Balaban J connectivity index is 1.53. The minimum absolute atomic E-state index is 0.294. The minimum Gasteiger partial charge on any atom is -0.489 e. The number of carbonyl (C=O) groups excluding carboxylic acids is 1. The maximum absolute atomic E-state index is 12.1. The van der Waals surface area contributed by atoms with E-state index in [-0.39, 0.29) is 5.91 Å². The number of hydrogen-bond acceptors (Lipinski definition) is 3. The number of nitrogens with one attached hydrogen (secondary N) is 1. The molecule has 0 aliphatic carbocycles. The summed E-state index contributed by atoms with van der Waals surface area (Å²) in [6.45, 7) is 0.482. The van der Waals surface area contributed by atoms with E-state index in [2.05, 4.69) is 10.5 Å². The maximum atomic E-state index is 12.1. The molecule has 0 unspecified atom stereocenters. The molecule has 0 bridgehead atoms. The van der Waals surface area contributed by atoms with Gasteiger partial charge in [-0.25, -0.2) is 5.43 Å². The van der Waals surface area contributed by atoms with Crippen molar-refractivity contribution in [3.8, 4) is 5.75 Å². The zero-order valence-corrected chi connectivity index (χ0v) is 14.7. The van der Waals surface area contributed by atoms with E-state index in [1.807, 2.05) is 42.5 Å². The van der Waals surface area contributed by atoms with Crippen molar-refractivity contribution in [3.05, 3.63) is 101 Å². The first-order chi connectivity index (χ1) is 12.7. The summed E-state index contributed by atoms with van der Waals surface area (Å²) in [5.74, 6) is 0.408. The summed E-state index contributed by atoms with van der Waals surface area (Å²) >= 11 is 5.90. The van der Waals surface area contributed by atoms with Crippen LogP contribution in [0.15, 0.2) is 84.0 Å². The molecule has 1 amide bonds. The highest BCUT2D eigenvalue weighted by molar-refractivity contribution is 6.30. The predicted molar refractivity (Wildman–Crippen MR) is 104 cm³/mol. The molecule has 0 radical (unpaired) electrons. The van der Waals surface area contributed by atoms with Gasteiger partial charge in [-0.2, -0.15) is 5.10 Å². The number of nitrogens with zero attached hydrogens (tertiary/aromatic N) is 1. The van der Waals surface area contributed by atoms with Gasteiger partial charge in [0.25, 0.3) is 5.91 Å². The van der Waals surface area contributed by atoms with Gasteiger partial charge in [0.15, 0.2) is 0 Å². The standard InChI is InChI=1S/C21H17ClN2O2/c22-19-8-4-7-17(13-19)14-23-24-21(25)18-9-11-20(12-10-18)26-15-16-5-2-1-3-6-16/h1-14H,15H2,(H,24,25)/b23-14+. The highest BCUT2D eigenvalue weighted by atomic mass is 35.5. The molecule has 4 nitrogen and oxygen atoms in total. The number of rotatable bonds is 6. The summed E-state index contributed by atoms with van der Waals surface area (Å²) in [5, 5.41) is 4.56. The zero-order chi connectivity index (χ0) is 18.2. The van der Waals surface area contributed by atoms with Crippen LogP contribution >= 0.6 is 11.6 Å². The Morgan fingerprint density at radius 2 is 1.77 bits per heavy atom. The van der Waals surface area contributed by atoms with Crippen LogP contribution in [-0.2, 0) is 6.61 Å². The van der Waals surface area contributed by atoms with Crippen LogP contribution in [-0.4, -0.2) is 12.1 Å². The van der Waals surface area contributed by atoms with Crippen molar-refractivity contribution in [2.24, 2.45) is 5.10 Å². The lowest BCUT2D eigenvalue weighted by atomic mass is 10.2. The van der Waals surface area contributed by atoms with E-state index in [0.717, 1.165) is 11.1 Å². The van der Waals surface area contributed by atoms with E-state index in [1.54, 1.807) is 42.6 Å². The van der Waals surface area contributed by atoms with Crippen molar-refractivity contribution in [3.63, 3.8) is 0 Å². The molecule has 3 aromatic carbocycles. The number of benzene rings is 3. The van der Waals surface area contributed by atoms with Crippen LogP contribution in [0, 0.1) is 0 Å². The summed E-state index contributed by atoms with van der Waals surface area (Å²) in [7, 11) is 0. The quantitative estimate of drug-likeness (QED) is 0.510. The first-order valence-electron chi connectivity index (χ1n) is 8.06. The van der Waals surface area contributed by atoms with Crippen molar-refractivity contribution in [2.45, 2.75) is 6.61 Å². The molecule has 0 spiro atoms. The SMILES string of the molecule is O=C(N/N=C/c1cccc(Cl)c1)c1ccc(OCc2ccccc2)cc1. The molecular formula is C21H17ClN2O2. The van der Waals surface area contributed by atoms with Gasteiger partial charge in [-0.05, 0) is 47.5 Å². The Morgan fingerprint density at radius 1 is 1.00 bits per heavy atom. The molecule has 0 heterocycles. The van der Waals surface area contributed by atoms with E-state index in [4.69, 9.17) is 16.3 Å². The number of amides is 1. The third-order valence-corrected chi connectivity index (χ3v) is 3.83. The normalized spacial score (nSPS) is 10.7. The van der Waals surface area contributed by atoms with Crippen molar-refractivity contribution in [2.75, 3.05) is 0 Å². The Morgan fingerprint density at radius 3 is 2.50 bits per heavy atom. The average Bonchev–Trinajstić information content (AvgIpc) is 2.67. The van der Waals surface area contributed by atoms with Gasteiger partial charge in [0, 0.05) is 10.6 Å². The molecule has 0 saturated carbocycles. The summed E-state index contributed by atoms with van der Waals surface area (Å²) in [6, 6.07) is 24.0. The fourth-order valence-electron chi connectivity index (χ4n) is 2.26. The molecule has 3 rings (SSSR count). The Kier molecular flexibility index (Phi) is 6.01. The molecule has 0 saturated heterocycles. The predicted octanol–water partition coefficient (Wildman–Crippen LogP) is 4.68. The fourth-order valence-corrected chi connectivity index (χ4v) is 2.46. The average molecular weight is 365 g/mol. The van der Waals surface area contributed by atoms with Crippen molar-refractivity contribution in [1.82, 2.24) is 5.43 Å². The first kappa shape index (κ1) is 17.7. The smallest absolute Gasteiger partial charge is 0.271 e. The fraction of sp³-hybridized carbons (Fsp3) is 0.0476. The molecular weight excluding hydrogens is 348 g/mol. The van der Waals surface area contributed by atoms with Gasteiger partial charge < -0.3 is 4.74 Å². The lowest BCUT2D eigenvalue weighted by Crippen LogP contribution is -2.17. The second kappa shape index (κ2) is 8.83. The van der Waals surface area contributed by atoms with Gasteiger partial charge in [-0.15, -0.1) is 0 Å².